The largest absolute Gasteiger partial charge is 0.362 e. The number of ether oxygens (including phenoxy) is 1. The van der Waals surface area contributed by atoms with Gasteiger partial charge in [0.2, 0.25) is 0 Å². The SMILES string of the molecule is C#C[C@]1(OCC)CCC2C3CCC4=CC(=O)CCC4C3CC[C@@]21C. The Balaban J connectivity index is 1.64. The van der Waals surface area contributed by atoms with Crippen molar-refractivity contribution in [1.29, 1.82) is 0 Å². The van der Waals surface area contributed by atoms with Crippen LogP contribution in [0.4, 0.5) is 0 Å². The summed E-state index contributed by atoms with van der Waals surface area (Å²) in [5.41, 5.74) is 1.24. The van der Waals surface area contributed by atoms with Crippen LogP contribution in [0.1, 0.15) is 65.2 Å². The fourth-order valence-corrected chi connectivity index (χ4v) is 6.94. The Hall–Kier alpha value is -1.07. The summed E-state index contributed by atoms with van der Waals surface area (Å²) in [6.45, 7) is 5.18. The van der Waals surface area contributed by atoms with E-state index in [1.54, 1.807) is 0 Å². The summed E-state index contributed by atoms with van der Waals surface area (Å²) in [7, 11) is 0. The number of carbonyl (C=O) groups is 1. The Morgan fingerprint density at radius 3 is 2.79 bits per heavy atom. The second-order valence-electron chi connectivity index (χ2n) is 8.70. The lowest BCUT2D eigenvalue weighted by molar-refractivity contribution is -0.121. The predicted molar refractivity (Wildman–Crippen MR) is 95.3 cm³/mol. The van der Waals surface area contributed by atoms with E-state index in [2.05, 4.69) is 19.8 Å². The molecule has 2 nitrogen and oxygen atoms in total. The first-order chi connectivity index (χ1) is 11.5. The van der Waals surface area contributed by atoms with Crippen LogP contribution >= 0.6 is 0 Å². The fourth-order valence-electron chi connectivity index (χ4n) is 6.94. The van der Waals surface area contributed by atoms with E-state index < -0.39 is 0 Å². The lowest BCUT2D eigenvalue weighted by atomic mass is 9.50. The zero-order valence-corrected chi connectivity index (χ0v) is 15.1. The monoisotopic (exact) mass is 326 g/mol. The summed E-state index contributed by atoms with van der Waals surface area (Å²) in [6, 6.07) is 0. The van der Waals surface area contributed by atoms with Crippen molar-refractivity contribution in [2.75, 3.05) is 6.61 Å². The van der Waals surface area contributed by atoms with Gasteiger partial charge in [0.05, 0.1) is 0 Å². The summed E-state index contributed by atoms with van der Waals surface area (Å²) >= 11 is 0. The molecular weight excluding hydrogens is 296 g/mol. The quantitative estimate of drug-likeness (QED) is 0.697. The van der Waals surface area contributed by atoms with Crippen molar-refractivity contribution < 1.29 is 9.53 Å². The van der Waals surface area contributed by atoms with Gasteiger partial charge in [0.25, 0.3) is 0 Å². The summed E-state index contributed by atoms with van der Waals surface area (Å²) in [4.78, 5) is 11.8. The molecule has 0 radical (unpaired) electrons. The zero-order chi connectivity index (χ0) is 16.9. The average molecular weight is 326 g/mol. The minimum atomic E-state index is -0.351. The van der Waals surface area contributed by atoms with Gasteiger partial charge in [0.15, 0.2) is 5.78 Å². The Kier molecular flexibility index (Phi) is 3.92. The maximum atomic E-state index is 11.8. The molecule has 4 aliphatic carbocycles. The second-order valence-corrected chi connectivity index (χ2v) is 8.70. The summed E-state index contributed by atoms with van der Waals surface area (Å²) < 4.78 is 6.22. The maximum absolute atomic E-state index is 11.8. The van der Waals surface area contributed by atoms with Gasteiger partial charge in [-0.15, -0.1) is 6.42 Å². The van der Waals surface area contributed by atoms with E-state index in [0.29, 0.717) is 24.2 Å². The molecule has 4 rings (SSSR count). The number of hydrogen-bond donors (Lipinski definition) is 0. The van der Waals surface area contributed by atoms with Crippen molar-refractivity contribution in [3.8, 4) is 12.3 Å². The van der Waals surface area contributed by atoms with Crippen LogP contribution in [0.25, 0.3) is 0 Å². The molecule has 0 heterocycles. The van der Waals surface area contributed by atoms with Gasteiger partial charge in [-0.1, -0.05) is 18.4 Å². The first-order valence-corrected chi connectivity index (χ1v) is 9.89. The molecule has 3 fully saturated rings. The molecule has 4 aliphatic rings. The van der Waals surface area contributed by atoms with Crippen LogP contribution < -0.4 is 0 Å². The van der Waals surface area contributed by atoms with Gasteiger partial charge in [-0.05, 0) is 81.6 Å². The van der Waals surface area contributed by atoms with Gasteiger partial charge in [0, 0.05) is 18.4 Å². The highest BCUT2D eigenvalue weighted by molar-refractivity contribution is 5.91. The van der Waals surface area contributed by atoms with Crippen molar-refractivity contribution in [3.63, 3.8) is 0 Å². The van der Waals surface area contributed by atoms with Gasteiger partial charge < -0.3 is 4.74 Å². The number of rotatable bonds is 2. The third kappa shape index (κ3) is 2.10. The molecule has 0 aromatic carbocycles. The van der Waals surface area contributed by atoms with Crippen LogP contribution in [-0.4, -0.2) is 18.0 Å². The van der Waals surface area contributed by atoms with Crippen LogP contribution in [0.3, 0.4) is 0 Å². The van der Waals surface area contributed by atoms with E-state index in [4.69, 9.17) is 11.2 Å². The average Bonchev–Trinajstić information content (AvgIpc) is 2.88. The molecule has 130 valence electrons. The van der Waals surface area contributed by atoms with Gasteiger partial charge >= 0.3 is 0 Å². The second kappa shape index (κ2) is 5.73. The molecule has 0 aliphatic heterocycles. The number of allylic oxidation sites excluding steroid dienone is 1. The maximum Gasteiger partial charge on any atom is 0.155 e. The minimum absolute atomic E-state index is 0.130. The number of terminal acetylenes is 1. The van der Waals surface area contributed by atoms with Gasteiger partial charge in [-0.2, -0.15) is 0 Å². The van der Waals surface area contributed by atoms with E-state index >= 15 is 0 Å². The first kappa shape index (κ1) is 16.4. The molecule has 2 heteroatoms. The van der Waals surface area contributed by atoms with E-state index in [9.17, 15) is 4.79 Å². The van der Waals surface area contributed by atoms with Crippen LogP contribution in [0.5, 0.6) is 0 Å². The molecule has 0 aromatic rings. The Morgan fingerprint density at radius 2 is 2.04 bits per heavy atom. The highest BCUT2D eigenvalue weighted by Crippen LogP contribution is 2.65. The Bertz CT molecular complexity index is 612. The molecule has 4 unspecified atom stereocenters. The number of carbonyl (C=O) groups excluding carboxylic acids is 1. The summed E-state index contributed by atoms with van der Waals surface area (Å²) in [6.07, 6.45) is 16.9. The molecular formula is C22H30O2. The molecule has 3 saturated carbocycles. The van der Waals surface area contributed by atoms with E-state index in [1.165, 1.54) is 31.3 Å². The Morgan fingerprint density at radius 1 is 1.21 bits per heavy atom. The molecule has 0 spiro atoms. The van der Waals surface area contributed by atoms with Crippen molar-refractivity contribution in [2.45, 2.75) is 70.8 Å². The van der Waals surface area contributed by atoms with Gasteiger partial charge in [0.1, 0.15) is 5.60 Å². The third-order valence-corrected chi connectivity index (χ3v) is 8.04. The zero-order valence-electron chi connectivity index (χ0n) is 15.1. The van der Waals surface area contributed by atoms with Crippen molar-refractivity contribution in [1.82, 2.24) is 0 Å². The lowest BCUT2D eigenvalue weighted by Gasteiger charge is -2.55. The van der Waals surface area contributed by atoms with Crippen LogP contribution in [0.2, 0.25) is 0 Å². The van der Waals surface area contributed by atoms with Crippen LogP contribution in [0, 0.1) is 41.4 Å². The topological polar surface area (TPSA) is 26.3 Å². The van der Waals surface area contributed by atoms with Gasteiger partial charge in [-0.3, -0.25) is 4.79 Å². The fraction of sp³-hybridized carbons (Fsp3) is 0.773. The first-order valence-electron chi connectivity index (χ1n) is 9.89. The van der Waals surface area contributed by atoms with Crippen molar-refractivity contribution in [2.24, 2.45) is 29.1 Å². The summed E-state index contributed by atoms with van der Waals surface area (Å²) in [5, 5.41) is 0. The van der Waals surface area contributed by atoms with Crippen molar-refractivity contribution >= 4 is 5.78 Å². The molecule has 0 N–H and O–H groups in total. The molecule has 24 heavy (non-hydrogen) atoms. The van der Waals surface area contributed by atoms with E-state index in [-0.39, 0.29) is 11.0 Å². The van der Waals surface area contributed by atoms with E-state index in [1.807, 2.05) is 6.08 Å². The van der Waals surface area contributed by atoms with Crippen molar-refractivity contribution in [3.05, 3.63) is 11.6 Å². The molecule has 0 aromatic heterocycles. The molecule has 0 saturated heterocycles. The number of hydrogen-bond acceptors (Lipinski definition) is 2. The highest BCUT2D eigenvalue weighted by Gasteiger charge is 2.63. The minimum Gasteiger partial charge on any atom is -0.362 e. The highest BCUT2D eigenvalue weighted by atomic mass is 16.5. The predicted octanol–water partition coefficient (Wildman–Crippen LogP) is 4.54. The van der Waals surface area contributed by atoms with Gasteiger partial charge in [-0.25, -0.2) is 0 Å². The smallest absolute Gasteiger partial charge is 0.155 e. The molecule has 0 amide bonds. The Labute approximate surface area is 146 Å². The molecule has 0 bridgehead atoms. The van der Waals surface area contributed by atoms with Crippen LogP contribution in [-0.2, 0) is 9.53 Å². The standard InChI is InChI=1S/C22H30O2/c1-4-22(24-5-2)13-11-20-19-8-6-15-14-16(23)7-9-17(15)18(19)10-12-21(20,22)3/h1,14,17-20H,5-13H2,2-3H3/t17?,18?,19?,20?,21-,22-/m0/s1. The summed E-state index contributed by atoms with van der Waals surface area (Å²) in [5.74, 6) is 6.35. The normalized spacial score (nSPS) is 47.2. The van der Waals surface area contributed by atoms with E-state index in [0.717, 1.165) is 37.5 Å². The number of fused-ring (bicyclic) bond motifs is 5. The van der Waals surface area contributed by atoms with Crippen LogP contribution in [0.15, 0.2) is 11.6 Å². The number of ketones is 1. The lowest BCUT2D eigenvalue weighted by Crippen LogP contribution is -2.53. The molecule has 6 atom stereocenters. The third-order valence-electron chi connectivity index (χ3n) is 8.04.